The lowest BCUT2D eigenvalue weighted by Crippen LogP contribution is -2.70. The number of hydrogen-bond acceptors (Lipinski definition) is 28. The van der Waals surface area contributed by atoms with Crippen LogP contribution in [0.25, 0.3) is 0 Å². The van der Waals surface area contributed by atoms with Crippen molar-refractivity contribution in [3.05, 3.63) is 0 Å². The number of methoxy groups -OCH3 is 1. The average molecular weight is 1170 g/mol. The first-order valence-electron chi connectivity index (χ1n) is 26.6. The van der Waals surface area contributed by atoms with E-state index in [1.54, 1.807) is 6.92 Å². The van der Waals surface area contributed by atoms with Crippen LogP contribution in [-0.2, 0) is 90.3 Å². The first-order valence-corrected chi connectivity index (χ1v) is 26.6. The van der Waals surface area contributed by atoms with Gasteiger partial charge in [-0.05, 0) is 47.5 Å². The zero-order valence-electron chi connectivity index (χ0n) is 45.2. The Kier molecular flexibility index (Phi) is 25.1. The molecule has 464 valence electrons. The van der Waals surface area contributed by atoms with Gasteiger partial charge < -0.3 is 134 Å². The monoisotopic (exact) mass is 1170 g/mol. The van der Waals surface area contributed by atoms with E-state index in [0.717, 1.165) is 0 Å². The fraction of sp³-hybridized carbons (Fsp3) is 0.875. The van der Waals surface area contributed by atoms with E-state index in [9.17, 15) is 74.7 Å². The lowest BCUT2D eigenvalue weighted by atomic mass is 9.93. The van der Waals surface area contributed by atoms with Gasteiger partial charge in [0.25, 0.3) is 0 Å². The third-order valence-corrected chi connectivity index (χ3v) is 15.3. The quantitative estimate of drug-likeness (QED) is 0.0197. The zero-order valence-corrected chi connectivity index (χ0v) is 45.2. The molecule has 0 spiro atoms. The SMILES string of the molecule is COC(=O)CCCCCO[C@H]1O[C@H](C)[C@@H](NC=O)[C@H](O)[C@@H]1O[C@H]1O[C@H](C)[C@@H](NC=O)[C@H](O)[C@@H]1O[C@H]1O[C@H](C)[C@@H](NC=O)[C@H](O)[C@@H]1O[C@H]1O[C@H](C)[C@@H](NC=O)[C@H](O)[C@@H]1O[C@H]1O[C@H](C)[C@@H](NC=O)[C@H](O)[C@@H]1O[C@H]1O[C@H](CO)[C@@H](O)[C@H](O)[C@@H]1O. The van der Waals surface area contributed by atoms with Gasteiger partial charge in [-0.15, -0.1) is 0 Å². The van der Waals surface area contributed by atoms with Gasteiger partial charge in [-0.3, -0.25) is 28.8 Å². The fourth-order valence-electron chi connectivity index (χ4n) is 10.7. The largest absolute Gasteiger partial charge is 0.469 e. The molecule has 6 fully saturated rings. The first-order chi connectivity index (χ1) is 38.7. The van der Waals surface area contributed by atoms with Gasteiger partial charge in [0, 0.05) is 13.0 Å². The van der Waals surface area contributed by atoms with E-state index in [4.69, 9.17) is 61.6 Å². The van der Waals surface area contributed by atoms with Crippen LogP contribution in [0.15, 0.2) is 0 Å². The van der Waals surface area contributed by atoms with E-state index >= 15 is 0 Å². The van der Waals surface area contributed by atoms with Gasteiger partial charge in [0.1, 0.15) is 85.5 Å². The number of aliphatic hydroxyl groups is 9. The smallest absolute Gasteiger partial charge is 0.305 e. The molecule has 0 radical (unpaired) electrons. The minimum absolute atomic E-state index is 0.0247. The molecule has 33 nitrogen and oxygen atoms in total. The third-order valence-electron chi connectivity index (χ3n) is 15.3. The number of ether oxygens (including phenoxy) is 13. The molecule has 0 bridgehead atoms. The molecular formula is C48H79N5O28. The number of nitrogens with one attached hydrogen (secondary N) is 5. The molecule has 33 heteroatoms. The Labute approximate surface area is 464 Å². The molecule has 14 N–H and O–H groups in total. The van der Waals surface area contributed by atoms with Crippen molar-refractivity contribution in [2.45, 2.75) is 244 Å². The van der Waals surface area contributed by atoms with Crippen molar-refractivity contribution in [1.29, 1.82) is 0 Å². The summed E-state index contributed by atoms with van der Waals surface area (Å²) in [5.74, 6) is -0.393. The van der Waals surface area contributed by atoms with E-state index in [1.807, 2.05) is 0 Å². The van der Waals surface area contributed by atoms with E-state index in [0.29, 0.717) is 25.7 Å². The maximum absolute atomic E-state index is 12.2. The standard InChI is InChI=1S/C48H79N5O28/c1-18-25(49-13-55)31(62)38(44(71-18)70-11-9-7-8-10-24(60)69-6)78-46-40(33(64)27(51-15-57)20(3)73-46)80-48-42(35(66)29(53-17-59)22(5)75-48)81-47-41(34(65)28(52-16-58)21(4)74-47)79-45-39(32(63)26(50-14-56)19(2)72-45)77-43-37(68)36(67)30(61)23(12-54)76-43/h13-23,25-48,54,61-68H,7-12H2,1-6H3,(H,49,55)(H,50,56)(H,51,57)(H,52,58)(H,53,59)/t18-,19-,20-,21-,22-,23-,25-,26-,27-,28-,29-,30-,31+,32+,33+,34+,35+,36+,37+,38+,39+,40+,41+,42+,43-,44+,45-,46-,47-,48-/m1/s1. The van der Waals surface area contributed by atoms with Crippen molar-refractivity contribution in [3.8, 4) is 0 Å². The first kappa shape index (κ1) is 66.1. The van der Waals surface area contributed by atoms with Crippen molar-refractivity contribution in [3.63, 3.8) is 0 Å². The van der Waals surface area contributed by atoms with Gasteiger partial charge in [0.2, 0.25) is 32.1 Å². The highest BCUT2D eigenvalue weighted by molar-refractivity contribution is 5.69. The molecule has 6 heterocycles. The molecular weight excluding hydrogens is 1090 g/mol. The van der Waals surface area contributed by atoms with Crippen molar-refractivity contribution in [2.24, 2.45) is 0 Å². The molecule has 0 aromatic rings. The molecule has 0 aromatic heterocycles. The molecule has 0 unspecified atom stereocenters. The van der Waals surface area contributed by atoms with Crippen molar-refractivity contribution < 1.29 is 136 Å². The number of hydrogen-bond donors (Lipinski definition) is 14. The van der Waals surface area contributed by atoms with E-state index in [2.05, 4.69) is 26.6 Å². The predicted molar refractivity (Wildman–Crippen MR) is 261 cm³/mol. The van der Waals surface area contributed by atoms with Crippen LogP contribution in [0.1, 0.15) is 60.3 Å². The predicted octanol–water partition coefficient (Wildman–Crippen LogP) is -8.44. The lowest BCUT2D eigenvalue weighted by Gasteiger charge is -2.51. The average Bonchev–Trinajstić information content (AvgIpc) is 3.43. The van der Waals surface area contributed by atoms with Crippen molar-refractivity contribution in [1.82, 2.24) is 26.6 Å². The highest BCUT2D eigenvalue weighted by Gasteiger charge is 2.58. The second-order valence-corrected chi connectivity index (χ2v) is 20.5. The number of aliphatic hydroxyl groups excluding tert-OH is 9. The Morgan fingerprint density at radius 2 is 0.716 bits per heavy atom. The number of amides is 5. The summed E-state index contributed by atoms with van der Waals surface area (Å²) < 4.78 is 78.9. The van der Waals surface area contributed by atoms with Gasteiger partial charge in [0.15, 0.2) is 37.7 Å². The van der Waals surface area contributed by atoms with Gasteiger partial charge in [0.05, 0.1) is 74.4 Å². The molecule has 5 amide bonds. The Hall–Kier alpha value is -4.02. The summed E-state index contributed by atoms with van der Waals surface area (Å²) >= 11 is 0. The summed E-state index contributed by atoms with van der Waals surface area (Å²) in [6.45, 7) is 6.46. The second-order valence-electron chi connectivity index (χ2n) is 20.5. The van der Waals surface area contributed by atoms with Crippen LogP contribution in [-0.4, -0.2) is 288 Å². The van der Waals surface area contributed by atoms with Crippen LogP contribution in [0.4, 0.5) is 0 Å². The van der Waals surface area contributed by atoms with E-state index < -0.39 is 197 Å². The molecule has 30 atom stereocenters. The molecule has 0 aromatic carbocycles. The van der Waals surface area contributed by atoms with Gasteiger partial charge in [-0.25, -0.2) is 0 Å². The number of carbonyl (C=O) groups excluding carboxylic acids is 6. The summed E-state index contributed by atoms with van der Waals surface area (Å²) in [4.78, 5) is 71.0. The van der Waals surface area contributed by atoms with Crippen LogP contribution in [0, 0.1) is 0 Å². The van der Waals surface area contributed by atoms with Crippen LogP contribution in [0.5, 0.6) is 0 Å². The maximum atomic E-state index is 12.2. The van der Waals surface area contributed by atoms with E-state index in [1.165, 1.54) is 34.8 Å². The van der Waals surface area contributed by atoms with Crippen LogP contribution in [0.3, 0.4) is 0 Å². The van der Waals surface area contributed by atoms with Gasteiger partial charge >= 0.3 is 5.97 Å². The summed E-state index contributed by atoms with van der Waals surface area (Å²) in [7, 11) is 1.27. The molecule has 6 aliphatic heterocycles. The number of unbranched alkanes of at least 4 members (excludes halogenated alkanes) is 2. The van der Waals surface area contributed by atoms with Gasteiger partial charge in [-0.2, -0.15) is 0 Å². The summed E-state index contributed by atoms with van der Waals surface area (Å²) in [6.07, 6.45) is -38.5. The maximum Gasteiger partial charge on any atom is 0.305 e. The molecule has 0 saturated carbocycles. The third kappa shape index (κ3) is 15.5. The Bertz CT molecular complexity index is 1990. The summed E-state index contributed by atoms with van der Waals surface area (Å²) in [6, 6.07) is -6.23. The Morgan fingerprint density at radius 1 is 0.407 bits per heavy atom. The van der Waals surface area contributed by atoms with E-state index in [-0.39, 0.29) is 38.7 Å². The zero-order chi connectivity index (χ0) is 59.4. The molecule has 6 aliphatic rings. The fourth-order valence-corrected chi connectivity index (χ4v) is 10.7. The summed E-state index contributed by atoms with van der Waals surface area (Å²) in [5.41, 5.74) is 0. The number of rotatable bonds is 28. The second kappa shape index (κ2) is 30.7. The van der Waals surface area contributed by atoms with Crippen LogP contribution >= 0.6 is 0 Å². The number of carbonyl (C=O) groups is 6. The minimum Gasteiger partial charge on any atom is -0.469 e. The lowest BCUT2D eigenvalue weighted by molar-refractivity contribution is -0.401. The van der Waals surface area contributed by atoms with Crippen LogP contribution < -0.4 is 26.6 Å². The normalized spacial score (nSPS) is 45.6. The highest BCUT2D eigenvalue weighted by atomic mass is 16.8. The molecule has 6 saturated heterocycles. The Balaban J connectivity index is 1.34. The minimum atomic E-state index is -2.03. The van der Waals surface area contributed by atoms with Gasteiger partial charge in [-0.1, -0.05) is 6.42 Å². The van der Waals surface area contributed by atoms with Crippen molar-refractivity contribution in [2.75, 3.05) is 20.3 Å². The molecule has 6 rings (SSSR count). The Morgan fingerprint density at radius 3 is 1.02 bits per heavy atom. The molecule has 81 heavy (non-hydrogen) atoms. The van der Waals surface area contributed by atoms with Crippen LogP contribution in [0.2, 0.25) is 0 Å². The molecule has 0 aliphatic carbocycles. The summed E-state index contributed by atoms with van der Waals surface area (Å²) in [5, 5.41) is 114. The number of esters is 1. The highest BCUT2D eigenvalue weighted by Crippen LogP contribution is 2.38. The topological polar surface area (TPSA) is 465 Å². The van der Waals surface area contributed by atoms with Crippen molar-refractivity contribution >= 4 is 38.0 Å².